The molecular weight excluding hydrogens is 262 g/mol. The molecule has 1 heterocycles. The molecule has 0 bridgehead atoms. The summed E-state index contributed by atoms with van der Waals surface area (Å²) in [5, 5.41) is 11.4. The molecule has 110 valence electrons. The maximum absolute atomic E-state index is 12.2. The number of piperidine rings is 1. The summed E-state index contributed by atoms with van der Waals surface area (Å²) in [5.41, 5.74) is 0. The number of nitrogens with one attached hydrogen (secondary N) is 1. The Kier molecular flexibility index (Phi) is 5.84. The summed E-state index contributed by atoms with van der Waals surface area (Å²) in [7, 11) is 1.55. The number of rotatable bonds is 4. The first kappa shape index (κ1) is 15.8. The third-order valence-corrected chi connectivity index (χ3v) is 3.19. The van der Waals surface area contributed by atoms with Gasteiger partial charge in [-0.3, -0.25) is 9.59 Å². The Bertz CT molecular complexity index is 430. The van der Waals surface area contributed by atoms with E-state index in [1.807, 2.05) is 0 Å². The molecule has 0 radical (unpaired) electrons. The molecule has 1 saturated heterocycles. The highest BCUT2D eigenvalue weighted by Crippen LogP contribution is 2.17. The largest absolute Gasteiger partial charge is 0.480 e. The highest BCUT2D eigenvalue weighted by atomic mass is 16.4. The highest BCUT2D eigenvalue weighted by molar-refractivity contribution is 5.82. The number of amides is 3. The number of nitrogens with zero attached hydrogens (tertiary/aromatic N) is 2. The minimum Gasteiger partial charge on any atom is -0.480 e. The van der Waals surface area contributed by atoms with Crippen molar-refractivity contribution in [2.24, 2.45) is 5.92 Å². The topological polar surface area (TPSA) is 90.0 Å². The van der Waals surface area contributed by atoms with E-state index in [1.54, 1.807) is 7.05 Å². The number of likely N-dealkylation sites (tertiary alicyclic amines) is 1. The summed E-state index contributed by atoms with van der Waals surface area (Å²) in [4.78, 5) is 37.2. The summed E-state index contributed by atoms with van der Waals surface area (Å²) in [6, 6.07) is -0.432. The van der Waals surface area contributed by atoms with Crippen molar-refractivity contribution in [3.05, 3.63) is 0 Å². The minimum atomic E-state index is -1.12. The molecule has 1 unspecified atom stereocenters. The van der Waals surface area contributed by atoms with Gasteiger partial charge in [-0.05, 0) is 12.8 Å². The van der Waals surface area contributed by atoms with Gasteiger partial charge in [0, 0.05) is 20.1 Å². The summed E-state index contributed by atoms with van der Waals surface area (Å²) in [6.07, 6.45) is 6.58. The molecule has 1 rings (SSSR count). The second-order valence-corrected chi connectivity index (χ2v) is 4.64. The summed E-state index contributed by atoms with van der Waals surface area (Å²) < 4.78 is 0. The molecule has 1 aliphatic rings. The van der Waals surface area contributed by atoms with Crippen LogP contribution in [0.1, 0.15) is 12.8 Å². The SMILES string of the molecule is C#CCN(CC(=O)O)C(=O)N1CCCC(C(=O)NC)C1. The van der Waals surface area contributed by atoms with E-state index in [4.69, 9.17) is 11.5 Å². The molecule has 0 spiro atoms. The molecule has 0 saturated carbocycles. The fraction of sp³-hybridized carbons (Fsp3) is 0.615. The van der Waals surface area contributed by atoms with Crippen molar-refractivity contribution in [3.8, 4) is 12.3 Å². The molecule has 0 aromatic carbocycles. The zero-order valence-electron chi connectivity index (χ0n) is 11.5. The average Bonchev–Trinajstić information content (AvgIpc) is 2.45. The number of aliphatic carboxylic acids is 1. The van der Waals surface area contributed by atoms with Crippen LogP contribution in [0, 0.1) is 18.3 Å². The van der Waals surface area contributed by atoms with Crippen molar-refractivity contribution in [2.45, 2.75) is 12.8 Å². The van der Waals surface area contributed by atoms with Gasteiger partial charge in [-0.2, -0.15) is 0 Å². The van der Waals surface area contributed by atoms with Crippen LogP contribution in [0.25, 0.3) is 0 Å². The summed E-state index contributed by atoms with van der Waals surface area (Å²) >= 11 is 0. The van der Waals surface area contributed by atoms with Crippen LogP contribution in [0.5, 0.6) is 0 Å². The van der Waals surface area contributed by atoms with Gasteiger partial charge in [0.1, 0.15) is 6.54 Å². The third-order valence-electron chi connectivity index (χ3n) is 3.19. The number of hydrogen-bond donors (Lipinski definition) is 2. The average molecular weight is 281 g/mol. The molecule has 2 N–H and O–H groups in total. The maximum atomic E-state index is 12.2. The number of urea groups is 1. The van der Waals surface area contributed by atoms with Crippen molar-refractivity contribution >= 4 is 17.9 Å². The zero-order valence-corrected chi connectivity index (χ0v) is 11.5. The molecule has 1 atom stereocenters. The molecule has 1 aliphatic heterocycles. The third kappa shape index (κ3) is 4.16. The molecule has 0 aromatic rings. The maximum Gasteiger partial charge on any atom is 0.323 e. The van der Waals surface area contributed by atoms with E-state index in [1.165, 1.54) is 4.90 Å². The van der Waals surface area contributed by atoms with E-state index in [-0.39, 0.29) is 18.4 Å². The summed E-state index contributed by atoms with van der Waals surface area (Å²) in [6.45, 7) is 0.294. The number of carboxylic acid groups (broad SMARTS) is 1. The normalized spacial score (nSPS) is 18.0. The Hall–Kier alpha value is -2.23. The van der Waals surface area contributed by atoms with Gasteiger partial charge in [-0.15, -0.1) is 6.42 Å². The molecule has 0 aromatic heterocycles. The highest BCUT2D eigenvalue weighted by Gasteiger charge is 2.30. The lowest BCUT2D eigenvalue weighted by atomic mass is 9.97. The van der Waals surface area contributed by atoms with Crippen LogP contribution in [0.15, 0.2) is 0 Å². The van der Waals surface area contributed by atoms with Crippen molar-refractivity contribution < 1.29 is 19.5 Å². The van der Waals surface area contributed by atoms with Crippen molar-refractivity contribution in [1.29, 1.82) is 0 Å². The van der Waals surface area contributed by atoms with Crippen LogP contribution in [-0.4, -0.2) is 66.0 Å². The van der Waals surface area contributed by atoms with Gasteiger partial charge in [-0.1, -0.05) is 5.92 Å². The van der Waals surface area contributed by atoms with Crippen LogP contribution in [0.4, 0.5) is 4.79 Å². The Balaban J connectivity index is 2.71. The Morgan fingerprint density at radius 2 is 2.20 bits per heavy atom. The van der Waals surface area contributed by atoms with Crippen LogP contribution in [0.3, 0.4) is 0 Å². The Labute approximate surface area is 117 Å². The Morgan fingerprint density at radius 1 is 1.50 bits per heavy atom. The first-order valence-corrected chi connectivity index (χ1v) is 6.40. The van der Waals surface area contributed by atoms with Gasteiger partial charge in [-0.25, -0.2) is 4.79 Å². The van der Waals surface area contributed by atoms with Crippen molar-refractivity contribution in [1.82, 2.24) is 15.1 Å². The fourth-order valence-electron chi connectivity index (χ4n) is 2.23. The Morgan fingerprint density at radius 3 is 2.75 bits per heavy atom. The van der Waals surface area contributed by atoms with Crippen LogP contribution in [-0.2, 0) is 9.59 Å². The van der Waals surface area contributed by atoms with E-state index < -0.39 is 18.5 Å². The molecule has 3 amide bonds. The second-order valence-electron chi connectivity index (χ2n) is 4.64. The van der Waals surface area contributed by atoms with Gasteiger partial charge in [0.2, 0.25) is 5.91 Å². The number of carbonyl (C=O) groups is 3. The lowest BCUT2D eigenvalue weighted by Gasteiger charge is -2.34. The van der Waals surface area contributed by atoms with Crippen LogP contribution >= 0.6 is 0 Å². The monoisotopic (exact) mass is 281 g/mol. The van der Waals surface area contributed by atoms with Crippen LogP contribution in [0.2, 0.25) is 0 Å². The van der Waals surface area contributed by atoms with E-state index in [0.29, 0.717) is 19.5 Å². The lowest BCUT2D eigenvalue weighted by Crippen LogP contribution is -2.51. The van der Waals surface area contributed by atoms with E-state index in [0.717, 1.165) is 11.3 Å². The molecule has 20 heavy (non-hydrogen) atoms. The van der Waals surface area contributed by atoms with E-state index >= 15 is 0 Å². The van der Waals surface area contributed by atoms with Crippen molar-refractivity contribution in [3.63, 3.8) is 0 Å². The zero-order chi connectivity index (χ0) is 15.1. The first-order valence-electron chi connectivity index (χ1n) is 6.40. The fourth-order valence-corrected chi connectivity index (χ4v) is 2.23. The molecule has 7 nitrogen and oxygen atoms in total. The first-order chi connectivity index (χ1) is 9.49. The van der Waals surface area contributed by atoms with Crippen molar-refractivity contribution in [2.75, 3.05) is 33.2 Å². The number of carbonyl (C=O) groups excluding carboxylic acids is 2. The quantitative estimate of drug-likeness (QED) is 0.685. The van der Waals surface area contributed by atoms with E-state index in [2.05, 4.69) is 11.2 Å². The molecule has 1 fully saturated rings. The molecular formula is C13H19N3O4. The minimum absolute atomic E-state index is 0.0632. The van der Waals surface area contributed by atoms with Gasteiger partial charge in [0.25, 0.3) is 0 Å². The smallest absolute Gasteiger partial charge is 0.323 e. The number of carboxylic acids is 1. The summed E-state index contributed by atoms with van der Waals surface area (Å²) in [5.74, 6) is 0.795. The van der Waals surface area contributed by atoms with Gasteiger partial charge >= 0.3 is 12.0 Å². The number of hydrogen-bond acceptors (Lipinski definition) is 3. The molecule has 0 aliphatic carbocycles. The standard InChI is InChI=1S/C13H19N3O4/c1-3-6-15(9-11(17)18)13(20)16-7-4-5-10(8-16)12(19)14-2/h1,10H,4-9H2,2H3,(H,14,19)(H,17,18). The lowest BCUT2D eigenvalue weighted by molar-refractivity contribution is -0.137. The predicted molar refractivity (Wildman–Crippen MR) is 71.8 cm³/mol. The van der Waals surface area contributed by atoms with E-state index in [9.17, 15) is 14.4 Å². The van der Waals surface area contributed by atoms with Gasteiger partial charge in [0.05, 0.1) is 12.5 Å². The van der Waals surface area contributed by atoms with Crippen LogP contribution < -0.4 is 5.32 Å². The second kappa shape index (κ2) is 7.38. The van der Waals surface area contributed by atoms with Gasteiger partial charge in [0.15, 0.2) is 0 Å². The number of terminal acetylenes is 1. The van der Waals surface area contributed by atoms with Gasteiger partial charge < -0.3 is 20.2 Å². The predicted octanol–water partition coefficient (Wildman–Crippen LogP) is -0.416. The molecule has 7 heteroatoms.